The van der Waals surface area contributed by atoms with Crippen LogP contribution in [0.2, 0.25) is 0 Å². The topological polar surface area (TPSA) is 214 Å². The molecular weight excluding hydrogens is 584 g/mol. The third kappa shape index (κ3) is 4.53. The number of likely N-dealkylation sites (N-methyl/N-ethyl adjacent to an activating group) is 2. The lowest BCUT2D eigenvalue weighted by molar-refractivity contribution is -0.162. The van der Waals surface area contributed by atoms with Gasteiger partial charge >= 0.3 is 0 Å². The number of fused-ring (bicyclic) bond motifs is 3. The maximum Gasteiger partial charge on any atom is 0.255 e. The van der Waals surface area contributed by atoms with E-state index in [1.807, 2.05) is 6.07 Å². The summed E-state index contributed by atoms with van der Waals surface area (Å²) in [6.07, 6.45) is -1.70. The minimum absolute atomic E-state index is 0.0983. The third-order valence-electron chi connectivity index (χ3n) is 9.27. The van der Waals surface area contributed by atoms with Crippen LogP contribution in [0.15, 0.2) is 65.1 Å². The SMILES string of the molecule is CC1c2ccc(NC(=O)C(c3ccccc3)N(C)C)c(O)c2C(=O)C2=C(O)[C@]3(O)C(=O)C(C(N)=O)=C(O)[C@@H](N(C)C)C3C(O)C21. The van der Waals surface area contributed by atoms with Crippen molar-refractivity contribution in [1.82, 2.24) is 9.80 Å². The van der Waals surface area contributed by atoms with E-state index in [0.717, 1.165) is 0 Å². The van der Waals surface area contributed by atoms with Gasteiger partial charge in [0.25, 0.3) is 5.91 Å². The molecule has 0 saturated carbocycles. The summed E-state index contributed by atoms with van der Waals surface area (Å²) >= 11 is 0. The second kappa shape index (κ2) is 11.1. The Balaban J connectivity index is 1.63. The molecule has 7 atom stereocenters. The van der Waals surface area contributed by atoms with Crippen molar-refractivity contribution in [2.75, 3.05) is 33.5 Å². The molecule has 45 heavy (non-hydrogen) atoms. The number of ketones is 2. The molecule has 3 aliphatic rings. The van der Waals surface area contributed by atoms with Gasteiger partial charge in [0.15, 0.2) is 17.1 Å². The number of phenols is 1. The summed E-state index contributed by atoms with van der Waals surface area (Å²) in [5.74, 6) is -10.4. The number of aromatic hydroxyl groups is 1. The maximum absolute atomic E-state index is 14.1. The highest BCUT2D eigenvalue weighted by Gasteiger charge is 2.67. The van der Waals surface area contributed by atoms with Crippen molar-refractivity contribution in [1.29, 1.82) is 0 Å². The predicted molar refractivity (Wildman–Crippen MR) is 161 cm³/mol. The van der Waals surface area contributed by atoms with E-state index >= 15 is 0 Å². The van der Waals surface area contributed by atoms with Crippen LogP contribution in [0.5, 0.6) is 5.75 Å². The van der Waals surface area contributed by atoms with Crippen LogP contribution in [-0.4, -0.2) is 105 Å². The molecule has 8 N–H and O–H groups in total. The number of benzene rings is 2. The summed E-state index contributed by atoms with van der Waals surface area (Å²) in [6, 6.07) is 9.76. The minimum Gasteiger partial charge on any atom is -0.510 e. The molecule has 2 aromatic carbocycles. The van der Waals surface area contributed by atoms with Gasteiger partial charge in [0, 0.05) is 11.5 Å². The molecule has 0 radical (unpaired) electrons. The van der Waals surface area contributed by atoms with E-state index in [1.54, 1.807) is 50.2 Å². The zero-order valence-electron chi connectivity index (χ0n) is 25.3. The fraction of sp³-hybridized carbons (Fsp3) is 0.375. The van der Waals surface area contributed by atoms with E-state index in [4.69, 9.17) is 5.73 Å². The first-order valence-electron chi connectivity index (χ1n) is 14.3. The molecule has 2 amide bonds. The second-order valence-corrected chi connectivity index (χ2v) is 12.2. The van der Waals surface area contributed by atoms with Crippen LogP contribution in [0, 0.1) is 11.8 Å². The summed E-state index contributed by atoms with van der Waals surface area (Å²) in [5.41, 5.74) is 1.42. The van der Waals surface area contributed by atoms with Crippen LogP contribution in [0.4, 0.5) is 5.69 Å². The molecule has 0 spiro atoms. The van der Waals surface area contributed by atoms with Crippen molar-refractivity contribution in [2.45, 2.75) is 36.6 Å². The molecule has 3 aliphatic carbocycles. The highest BCUT2D eigenvalue weighted by atomic mass is 16.4. The smallest absolute Gasteiger partial charge is 0.255 e. The number of nitrogens with zero attached hydrogens (tertiary/aromatic N) is 2. The molecule has 2 aromatic rings. The Kier molecular flexibility index (Phi) is 7.86. The number of anilines is 1. The number of carbonyl (C=O) groups is 4. The lowest BCUT2D eigenvalue weighted by atomic mass is 9.55. The molecule has 0 aliphatic heterocycles. The van der Waals surface area contributed by atoms with Crippen molar-refractivity contribution in [3.8, 4) is 5.75 Å². The number of carbonyl (C=O) groups excluding carboxylic acids is 4. The molecule has 0 aromatic heterocycles. The molecule has 0 fully saturated rings. The molecule has 0 bridgehead atoms. The van der Waals surface area contributed by atoms with Gasteiger partial charge in [-0.1, -0.05) is 43.3 Å². The van der Waals surface area contributed by atoms with E-state index in [0.29, 0.717) is 5.56 Å². The van der Waals surface area contributed by atoms with Crippen LogP contribution < -0.4 is 11.1 Å². The Bertz CT molecular complexity index is 1680. The quantitative estimate of drug-likeness (QED) is 0.178. The van der Waals surface area contributed by atoms with Gasteiger partial charge in [-0.2, -0.15) is 0 Å². The van der Waals surface area contributed by atoms with Gasteiger partial charge in [-0.15, -0.1) is 0 Å². The average Bonchev–Trinajstić information content (AvgIpc) is 2.96. The number of phenolic OH excluding ortho intramolecular Hbond substituents is 1. The van der Waals surface area contributed by atoms with Gasteiger partial charge in [0.1, 0.15) is 23.1 Å². The van der Waals surface area contributed by atoms with E-state index in [9.17, 15) is 44.7 Å². The van der Waals surface area contributed by atoms with Gasteiger partial charge in [-0.3, -0.25) is 29.0 Å². The number of nitrogens with two attached hydrogens (primary N) is 1. The molecule has 5 rings (SSSR count). The van der Waals surface area contributed by atoms with Crippen molar-refractivity contribution >= 4 is 29.1 Å². The fourth-order valence-corrected chi connectivity index (χ4v) is 7.24. The minimum atomic E-state index is -3.01. The van der Waals surface area contributed by atoms with Gasteiger partial charge < -0.3 is 36.6 Å². The third-order valence-corrected chi connectivity index (χ3v) is 9.27. The summed E-state index contributed by atoms with van der Waals surface area (Å²) in [6.45, 7) is 1.63. The second-order valence-electron chi connectivity index (χ2n) is 12.2. The largest absolute Gasteiger partial charge is 0.510 e. The predicted octanol–water partition coefficient (Wildman–Crippen LogP) is 0.894. The highest BCUT2D eigenvalue weighted by molar-refractivity contribution is 6.25. The van der Waals surface area contributed by atoms with Crippen LogP contribution in [0.3, 0.4) is 0 Å². The van der Waals surface area contributed by atoms with Crippen molar-refractivity contribution in [3.63, 3.8) is 0 Å². The van der Waals surface area contributed by atoms with Crippen LogP contribution in [0.1, 0.15) is 40.4 Å². The monoisotopic (exact) mass is 620 g/mol. The van der Waals surface area contributed by atoms with Crippen LogP contribution in [0.25, 0.3) is 0 Å². The molecule has 0 saturated heterocycles. The zero-order chi connectivity index (χ0) is 33.3. The first-order valence-corrected chi connectivity index (χ1v) is 14.3. The fourth-order valence-electron chi connectivity index (χ4n) is 7.24. The molecule has 0 heterocycles. The average molecular weight is 621 g/mol. The van der Waals surface area contributed by atoms with E-state index in [1.165, 1.54) is 31.1 Å². The number of primary amides is 1. The van der Waals surface area contributed by atoms with Crippen LogP contribution >= 0.6 is 0 Å². The molecule has 238 valence electrons. The molecule has 13 nitrogen and oxygen atoms in total. The Hall–Kier alpha value is -4.56. The number of hydrogen-bond donors (Lipinski definition) is 7. The normalized spacial score (nSPS) is 28.5. The Morgan fingerprint density at radius 1 is 1.00 bits per heavy atom. The molecule has 13 heteroatoms. The number of Topliss-reactive ketones (excluding diaryl/α,β-unsaturated/α-hetero) is 2. The lowest BCUT2D eigenvalue weighted by Crippen LogP contribution is -2.68. The number of aliphatic hydroxyl groups excluding tert-OH is 3. The zero-order valence-corrected chi connectivity index (χ0v) is 25.3. The molecule has 5 unspecified atom stereocenters. The Morgan fingerprint density at radius 2 is 1.62 bits per heavy atom. The summed E-state index contributed by atoms with van der Waals surface area (Å²) in [4.78, 5) is 56.3. The first kappa shape index (κ1) is 31.9. The Morgan fingerprint density at radius 3 is 2.18 bits per heavy atom. The lowest BCUT2D eigenvalue weighted by Gasteiger charge is -2.53. The Labute approximate surface area is 258 Å². The standard InChI is InChI=1S/C32H36N4O9/c1-13-15-11-12-16(34-31(44)22(35(2)3)14-9-7-6-8-10-14)24(37)18(15)25(38)19-17(13)26(39)21-23(36(4)5)27(40)20(30(33)43)29(42)32(21,45)28(19)41/h6-13,17,21-23,26,37,39-41,45H,1-5H3,(H2,33,43)(H,34,44)/t13?,17?,21?,22?,23-,26?,32-/m0/s1. The van der Waals surface area contributed by atoms with Crippen molar-refractivity contribution < 1.29 is 44.7 Å². The first-order chi connectivity index (χ1) is 21.1. The van der Waals surface area contributed by atoms with Crippen molar-refractivity contribution in [2.24, 2.45) is 17.6 Å². The number of aliphatic hydroxyl groups is 4. The summed E-state index contributed by atoms with van der Waals surface area (Å²) < 4.78 is 0. The van der Waals surface area contributed by atoms with E-state index in [-0.39, 0.29) is 16.8 Å². The van der Waals surface area contributed by atoms with E-state index in [2.05, 4.69) is 5.32 Å². The van der Waals surface area contributed by atoms with Gasteiger partial charge in [0.2, 0.25) is 11.7 Å². The van der Waals surface area contributed by atoms with Gasteiger partial charge in [-0.25, -0.2) is 0 Å². The number of nitrogens with one attached hydrogen (secondary N) is 1. The maximum atomic E-state index is 14.1. The van der Waals surface area contributed by atoms with Gasteiger partial charge in [0.05, 0.1) is 29.3 Å². The van der Waals surface area contributed by atoms with E-state index < -0.39 is 93.3 Å². The summed E-state index contributed by atoms with van der Waals surface area (Å²) in [7, 11) is 6.36. The number of amides is 2. The van der Waals surface area contributed by atoms with Gasteiger partial charge in [-0.05, 0) is 51.3 Å². The molecular formula is C32H36N4O9. The van der Waals surface area contributed by atoms with Crippen molar-refractivity contribution in [3.05, 3.63) is 81.8 Å². The number of rotatable bonds is 6. The number of hydrogen-bond acceptors (Lipinski definition) is 11. The summed E-state index contributed by atoms with van der Waals surface area (Å²) in [5, 5.41) is 60.1. The highest BCUT2D eigenvalue weighted by Crippen LogP contribution is 2.56. The van der Waals surface area contributed by atoms with Crippen LogP contribution in [-0.2, 0) is 14.4 Å².